The lowest BCUT2D eigenvalue weighted by atomic mass is 9.94. The van der Waals surface area contributed by atoms with Gasteiger partial charge in [0, 0.05) is 30.6 Å². The molecule has 0 saturated carbocycles. The molecule has 1 atom stereocenters. The van der Waals surface area contributed by atoms with E-state index in [9.17, 15) is 18.0 Å². The third kappa shape index (κ3) is 6.02. The topological polar surface area (TPSA) is 128 Å². The molecule has 2 aromatic rings. The number of methoxy groups -OCH3 is 2. The molecule has 3 N–H and O–H groups in total. The summed E-state index contributed by atoms with van der Waals surface area (Å²) in [7, 11) is -0.699. The Morgan fingerprint density at radius 3 is 2.06 bits per heavy atom. The van der Waals surface area contributed by atoms with Gasteiger partial charge in [0.25, 0.3) is 5.91 Å². The number of benzene rings is 2. The van der Waals surface area contributed by atoms with Crippen LogP contribution in [0, 0.1) is 5.92 Å². The van der Waals surface area contributed by atoms with Crippen molar-refractivity contribution in [2.75, 3.05) is 27.3 Å². The lowest BCUT2D eigenvalue weighted by molar-refractivity contribution is -0.127. The van der Waals surface area contributed by atoms with E-state index < -0.39 is 10.0 Å². The molecule has 0 aliphatic carbocycles. The quantitative estimate of drug-likeness (QED) is 0.631. The Morgan fingerprint density at radius 1 is 1.03 bits per heavy atom. The molecule has 1 aliphatic heterocycles. The van der Waals surface area contributed by atoms with Gasteiger partial charge in [-0.05, 0) is 49.6 Å². The van der Waals surface area contributed by atoms with Crippen molar-refractivity contribution in [2.24, 2.45) is 11.1 Å². The molecule has 9 nitrogen and oxygen atoms in total. The highest BCUT2D eigenvalue weighted by atomic mass is 32.2. The standard InChI is InChI=1S/C23H29N3O6S/c1-15(16-4-6-21(7-5-16)33(24,29)30)25-22(27)17-8-10-26(11-9-17)23(28)18-12-19(31-2)14-20(13-18)32-3/h4-7,12-15,17H,8-11H2,1-3H3,(H,25,27)(H2,24,29,30). The Morgan fingerprint density at radius 2 is 1.58 bits per heavy atom. The summed E-state index contributed by atoms with van der Waals surface area (Å²) in [6, 6.07) is 10.9. The smallest absolute Gasteiger partial charge is 0.254 e. The van der Waals surface area contributed by atoms with E-state index >= 15 is 0 Å². The molecule has 0 radical (unpaired) electrons. The maximum atomic E-state index is 12.9. The number of sulfonamides is 1. The molecule has 0 spiro atoms. The number of likely N-dealkylation sites (tertiary alicyclic amines) is 1. The molecular weight excluding hydrogens is 446 g/mol. The largest absolute Gasteiger partial charge is 0.497 e. The van der Waals surface area contributed by atoms with Crippen LogP contribution >= 0.6 is 0 Å². The van der Waals surface area contributed by atoms with E-state index in [0.29, 0.717) is 43.0 Å². The summed E-state index contributed by atoms with van der Waals surface area (Å²) in [5, 5.41) is 8.10. The van der Waals surface area contributed by atoms with Crippen LogP contribution < -0.4 is 19.9 Å². The van der Waals surface area contributed by atoms with Gasteiger partial charge in [-0.3, -0.25) is 9.59 Å². The zero-order chi connectivity index (χ0) is 24.2. The lowest BCUT2D eigenvalue weighted by Gasteiger charge is -2.32. The molecule has 10 heteroatoms. The van der Waals surface area contributed by atoms with Crippen molar-refractivity contribution in [3.63, 3.8) is 0 Å². The number of primary sulfonamides is 1. The summed E-state index contributed by atoms with van der Waals surface area (Å²) in [5.41, 5.74) is 1.25. The zero-order valence-electron chi connectivity index (χ0n) is 18.9. The van der Waals surface area contributed by atoms with Gasteiger partial charge in [0.2, 0.25) is 15.9 Å². The highest BCUT2D eigenvalue weighted by Gasteiger charge is 2.29. The molecule has 178 valence electrons. The minimum Gasteiger partial charge on any atom is -0.497 e. The van der Waals surface area contributed by atoms with Crippen molar-refractivity contribution in [1.29, 1.82) is 0 Å². The van der Waals surface area contributed by atoms with Gasteiger partial charge in [-0.15, -0.1) is 0 Å². The first kappa shape index (κ1) is 24.5. The molecule has 0 bridgehead atoms. The van der Waals surface area contributed by atoms with Crippen LogP contribution in [-0.4, -0.2) is 52.4 Å². The van der Waals surface area contributed by atoms with Crippen LogP contribution in [0.25, 0.3) is 0 Å². The van der Waals surface area contributed by atoms with Crippen LogP contribution in [0.3, 0.4) is 0 Å². The lowest BCUT2D eigenvalue weighted by Crippen LogP contribution is -2.43. The fourth-order valence-electron chi connectivity index (χ4n) is 3.82. The summed E-state index contributed by atoms with van der Waals surface area (Å²) in [5.74, 6) is 0.652. The summed E-state index contributed by atoms with van der Waals surface area (Å²) in [6.07, 6.45) is 1.10. The second-order valence-corrected chi connectivity index (χ2v) is 9.57. The number of ether oxygens (including phenoxy) is 2. The number of hydrogen-bond donors (Lipinski definition) is 2. The van der Waals surface area contributed by atoms with E-state index in [1.807, 2.05) is 6.92 Å². The van der Waals surface area contributed by atoms with E-state index in [2.05, 4.69) is 5.32 Å². The molecule has 1 unspecified atom stereocenters. The van der Waals surface area contributed by atoms with Gasteiger partial charge in [0.1, 0.15) is 11.5 Å². The molecule has 1 fully saturated rings. The van der Waals surface area contributed by atoms with E-state index in [1.165, 1.54) is 26.4 Å². The second-order valence-electron chi connectivity index (χ2n) is 8.01. The number of amides is 2. The van der Waals surface area contributed by atoms with Crippen LogP contribution in [-0.2, 0) is 14.8 Å². The number of piperidine rings is 1. The Hall–Kier alpha value is -3.11. The number of carbonyl (C=O) groups is 2. The van der Waals surface area contributed by atoms with Crippen molar-refractivity contribution >= 4 is 21.8 Å². The Bertz CT molecular complexity index is 1090. The van der Waals surface area contributed by atoms with Gasteiger partial charge in [0.05, 0.1) is 25.2 Å². The molecule has 33 heavy (non-hydrogen) atoms. The van der Waals surface area contributed by atoms with Gasteiger partial charge in [-0.2, -0.15) is 0 Å². The van der Waals surface area contributed by atoms with Crippen molar-refractivity contribution in [1.82, 2.24) is 10.2 Å². The Balaban J connectivity index is 1.57. The van der Waals surface area contributed by atoms with Crippen molar-refractivity contribution in [3.8, 4) is 11.5 Å². The molecular formula is C23H29N3O6S. The molecule has 2 amide bonds. The number of carbonyl (C=O) groups excluding carboxylic acids is 2. The van der Waals surface area contributed by atoms with Crippen molar-refractivity contribution < 1.29 is 27.5 Å². The summed E-state index contributed by atoms with van der Waals surface area (Å²) >= 11 is 0. The third-order valence-corrected chi connectivity index (χ3v) is 6.75. The summed E-state index contributed by atoms with van der Waals surface area (Å²) in [6.45, 7) is 2.76. The first-order valence-corrected chi connectivity index (χ1v) is 12.1. The maximum absolute atomic E-state index is 12.9. The molecule has 0 aromatic heterocycles. The normalized spacial score (nSPS) is 15.6. The zero-order valence-corrected chi connectivity index (χ0v) is 19.7. The first-order chi connectivity index (χ1) is 15.6. The van der Waals surface area contributed by atoms with Gasteiger partial charge in [0.15, 0.2) is 0 Å². The fourth-order valence-corrected chi connectivity index (χ4v) is 4.33. The predicted octanol–water partition coefficient (Wildman–Crippen LogP) is 2.08. The number of nitrogens with two attached hydrogens (primary N) is 1. The number of rotatable bonds is 7. The van der Waals surface area contributed by atoms with E-state index in [-0.39, 0.29) is 28.7 Å². The average molecular weight is 476 g/mol. The van der Waals surface area contributed by atoms with E-state index in [0.717, 1.165) is 5.56 Å². The van der Waals surface area contributed by atoms with Crippen LogP contribution in [0.1, 0.15) is 41.7 Å². The molecule has 1 aliphatic rings. The van der Waals surface area contributed by atoms with Gasteiger partial charge >= 0.3 is 0 Å². The number of nitrogens with one attached hydrogen (secondary N) is 1. The molecule has 1 heterocycles. The number of hydrogen-bond acceptors (Lipinski definition) is 6. The van der Waals surface area contributed by atoms with Crippen molar-refractivity contribution in [3.05, 3.63) is 53.6 Å². The SMILES string of the molecule is COc1cc(OC)cc(C(=O)N2CCC(C(=O)NC(C)c3ccc(S(N)(=O)=O)cc3)CC2)c1. The molecule has 2 aromatic carbocycles. The molecule has 3 rings (SSSR count). The average Bonchev–Trinajstić information content (AvgIpc) is 2.82. The Kier molecular flexibility index (Phi) is 7.60. The maximum Gasteiger partial charge on any atom is 0.254 e. The van der Waals surface area contributed by atoms with Gasteiger partial charge in [-0.1, -0.05) is 12.1 Å². The number of nitrogens with zero attached hydrogens (tertiary/aromatic N) is 1. The monoisotopic (exact) mass is 475 g/mol. The highest BCUT2D eigenvalue weighted by Crippen LogP contribution is 2.26. The van der Waals surface area contributed by atoms with Crippen molar-refractivity contribution in [2.45, 2.75) is 30.7 Å². The predicted molar refractivity (Wildman–Crippen MR) is 123 cm³/mol. The van der Waals surface area contributed by atoms with Crippen LogP contribution in [0.15, 0.2) is 47.4 Å². The van der Waals surface area contributed by atoms with E-state index in [1.54, 1.807) is 35.2 Å². The van der Waals surface area contributed by atoms with Gasteiger partial charge in [-0.25, -0.2) is 13.6 Å². The van der Waals surface area contributed by atoms with Crippen LogP contribution in [0.2, 0.25) is 0 Å². The van der Waals surface area contributed by atoms with Crippen LogP contribution in [0.5, 0.6) is 11.5 Å². The fraction of sp³-hybridized carbons (Fsp3) is 0.391. The summed E-state index contributed by atoms with van der Waals surface area (Å²) < 4.78 is 33.3. The molecule has 1 saturated heterocycles. The minimum atomic E-state index is -3.76. The third-order valence-electron chi connectivity index (χ3n) is 5.82. The highest BCUT2D eigenvalue weighted by molar-refractivity contribution is 7.89. The first-order valence-electron chi connectivity index (χ1n) is 10.6. The summed E-state index contributed by atoms with van der Waals surface area (Å²) in [4.78, 5) is 27.4. The van der Waals surface area contributed by atoms with Crippen LogP contribution in [0.4, 0.5) is 0 Å². The van der Waals surface area contributed by atoms with Gasteiger partial charge < -0.3 is 19.7 Å². The minimum absolute atomic E-state index is 0.0236. The van der Waals surface area contributed by atoms with E-state index in [4.69, 9.17) is 14.6 Å². The Labute approximate surface area is 193 Å². The second kappa shape index (κ2) is 10.2.